The summed E-state index contributed by atoms with van der Waals surface area (Å²) >= 11 is 3.37. The molecule has 0 amide bonds. The van der Waals surface area contributed by atoms with E-state index in [1.807, 2.05) is 0 Å². The van der Waals surface area contributed by atoms with E-state index >= 15 is 0 Å². The predicted molar refractivity (Wildman–Crippen MR) is 59.6 cm³/mol. The molecule has 1 atom stereocenters. The van der Waals surface area contributed by atoms with Gasteiger partial charge in [0.1, 0.15) is 0 Å². The van der Waals surface area contributed by atoms with Gasteiger partial charge in [-0.3, -0.25) is 9.64 Å². The van der Waals surface area contributed by atoms with E-state index in [4.69, 9.17) is 0 Å². The Morgan fingerprint density at radius 2 is 2.06 bits per heavy atom. The van der Waals surface area contributed by atoms with E-state index in [1.54, 1.807) is 0 Å². The number of piperidine rings is 1. The molecular formula is C10H17BrF3NO. The summed E-state index contributed by atoms with van der Waals surface area (Å²) in [4.78, 5) is 2.11. The third-order valence-corrected chi connectivity index (χ3v) is 3.29. The predicted octanol–water partition coefficient (Wildman–Crippen LogP) is 3.16. The summed E-state index contributed by atoms with van der Waals surface area (Å²) in [5.41, 5.74) is 0. The first kappa shape index (κ1) is 14.3. The molecule has 1 unspecified atom stereocenters. The molecule has 1 aliphatic rings. The van der Waals surface area contributed by atoms with Crippen molar-refractivity contribution in [2.24, 2.45) is 0 Å². The highest BCUT2D eigenvalue weighted by Crippen LogP contribution is 2.21. The molecule has 0 N–H and O–H groups in total. The van der Waals surface area contributed by atoms with Gasteiger partial charge in [0.05, 0.1) is 6.61 Å². The first-order valence-corrected chi connectivity index (χ1v) is 6.66. The second kappa shape index (κ2) is 6.81. The van der Waals surface area contributed by atoms with Gasteiger partial charge in [-0.25, -0.2) is 0 Å². The average molecular weight is 304 g/mol. The van der Waals surface area contributed by atoms with Crippen molar-refractivity contribution < 1.29 is 17.9 Å². The Morgan fingerprint density at radius 1 is 1.31 bits per heavy atom. The molecule has 1 fully saturated rings. The summed E-state index contributed by atoms with van der Waals surface area (Å²) in [5.74, 6) is 0. The minimum atomic E-state index is -4.50. The van der Waals surface area contributed by atoms with Crippen LogP contribution in [0.5, 0.6) is 0 Å². The maximum absolute atomic E-state index is 11.8. The van der Waals surface area contributed by atoms with Crippen LogP contribution in [0.3, 0.4) is 0 Å². The van der Waals surface area contributed by atoms with Crippen molar-refractivity contribution in [3.63, 3.8) is 0 Å². The summed E-state index contributed by atoms with van der Waals surface area (Å²) in [6, 6.07) is 0.407. The number of ether oxygens (including phenoxy) is 1. The van der Waals surface area contributed by atoms with Crippen molar-refractivity contribution in [3.8, 4) is 0 Å². The van der Waals surface area contributed by atoms with Crippen LogP contribution < -0.4 is 0 Å². The summed E-state index contributed by atoms with van der Waals surface area (Å²) in [6.07, 6.45) is -0.177. The van der Waals surface area contributed by atoms with Crippen LogP contribution in [0.1, 0.15) is 25.7 Å². The van der Waals surface area contributed by atoms with Crippen molar-refractivity contribution in [2.45, 2.75) is 38.1 Å². The minimum Gasteiger partial charge on any atom is -0.298 e. The number of halogens is 4. The van der Waals surface area contributed by atoms with Crippen molar-refractivity contribution in [3.05, 3.63) is 0 Å². The fraction of sp³-hybridized carbons (Fsp3) is 1.00. The van der Waals surface area contributed by atoms with Crippen LogP contribution in [0.15, 0.2) is 0 Å². The van der Waals surface area contributed by atoms with E-state index in [9.17, 15) is 13.2 Å². The van der Waals surface area contributed by atoms with Gasteiger partial charge in [-0.1, -0.05) is 22.4 Å². The lowest BCUT2D eigenvalue weighted by Gasteiger charge is -2.35. The van der Waals surface area contributed by atoms with Crippen molar-refractivity contribution >= 4 is 15.9 Å². The first-order valence-electron chi connectivity index (χ1n) is 5.53. The van der Waals surface area contributed by atoms with E-state index in [0.717, 1.165) is 31.1 Å². The molecule has 0 spiro atoms. The summed E-state index contributed by atoms with van der Waals surface area (Å²) < 4.78 is 39.2. The lowest BCUT2D eigenvalue weighted by atomic mass is 10.0. The second-order valence-electron chi connectivity index (χ2n) is 3.96. The maximum atomic E-state index is 11.8. The zero-order valence-corrected chi connectivity index (χ0v) is 10.7. The highest BCUT2D eigenvalue weighted by atomic mass is 79.9. The summed E-state index contributed by atoms with van der Waals surface area (Å²) in [6.45, 7) is 0.998. The smallest absolute Gasteiger partial charge is 0.298 e. The standard InChI is InChI=1S/C10H17BrF3NO/c11-5-4-9-3-1-2-6-15(9)7-8-16-10(12,13)14/h9H,1-8H2. The zero-order chi connectivity index (χ0) is 12.0. The van der Waals surface area contributed by atoms with Gasteiger partial charge in [0.2, 0.25) is 0 Å². The number of rotatable bonds is 5. The number of alkyl halides is 4. The van der Waals surface area contributed by atoms with Gasteiger partial charge in [0.25, 0.3) is 0 Å². The summed E-state index contributed by atoms with van der Waals surface area (Å²) in [7, 11) is 0. The van der Waals surface area contributed by atoms with Crippen LogP contribution in [0.2, 0.25) is 0 Å². The van der Waals surface area contributed by atoms with Crippen molar-refractivity contribution in [1.82, 2.24) is 4.90 Å². The molecule has 6 heteroatoms. The molecule has 96 valence electrons. The lowest BCUT2D eigenvalue weighted by Crippen LogP contribution is -2.42. The van der Waals surface area contributed by atoms with E-state index in [1.165, 1.54) is 6.42 Å². The normalized spacial score (nSPS) is 23.6. The molecule has 0 aromatic carbocycles. The van der Waals surface area contributed by atoms with Crippen LogP contribution in [-0.2, 0) is 4.74 Å². The third kappa shape index (κ3) is 5.50. The Balaban J connectivity index is 2.27. The van der Waals surface area contributed by atoms with Crippen LogP contribution in [-0.4, -0.2) is 42.3 Å². The molecule has 1 aliphatic heterocycles. The van der Waals surface area contributed by atoms with E-state index < -0.39 is 6.36 Å². The highest BCUT2D eigenvalue weighted by Gasteiger charge is 2.30. The monoisotopic (exact) mass is 303 g/mol. The number of hydrogen-bond acceptors (Lipinski definition) is 2. The van der Waals surface area contributed by atoms with Gasteiger partial charge < -0.3 is 0 Å². The number of likely N-dealkylation sites (tertiary alicyclic amines) is 1. The second-order valence-corrected chi connectivity index (χ2v) is 4.75. The Kier molecular flexibility index (Phi) is 6.07. The Labute approximate surface area is 102 Å². The number of hydrogen-bond donors (Lipinski definition) is 0. The molecule has 0 saturated carbocycles. The number of nitrogens with zero attached hydrogens (tertiary/aromatic N) is 1. The minimum absolute atomic E-state index is 0.262. The van der Waals surface area contributed by atoms with E-state index in [2.05, 4.69) is 25.6 Å². The fourth-order valence-corrected chi connectivity index (χ4v) is 2.61. The molecule has 1 saturated heterocycles. The van der Waals surface area contributed by atoms with Crippen LogP contribution in [0.25, 0.3) is 0 Å². The van der Waals surface area contributed by atoms with Gasteiger partial charge in [0.15, 0.2) is 0 Å². The van der Waals surface area contributed by atoms with Gasteiger partial charge in [-0.2, -0.15) is 0 Å². The molecule has 0 aliphatic carbocycles. The van der Waals surface area contributed by atoms with Crippen LogP contribution >= 0.6 is 15.9 Å². The molecule has 0 aromatic heterocycles. The lowest BCUT2D eigenvalue weighted by molar-refractivity contribution is -0.325. The van der Waals surface area contributed by atoms with Gasteiger partial charge >= 0.3 is 6.36 Å². The van der Waals surface area contributed by atoms with E-state index in [-0.39, 0.29) is 6.61 Å². The zero-order valence-electron chi connectivity index (χ0n) is 9.10. The first-order chi connectivity index (χ1) is 7.53. The molecule has 0 aromatic rings. The Morgan fingerprint density at radius 3 is 2.69 bits per heavy atom. The van der Waals surface area contributed by atoms with Crippen LogP contribution in [0, 0.1) is 0 Å². The molecule has 2 nitrogen and oxygen atoms in total. The van der Waals surface area contributed by atoms with Crippen molar-refractivity contribution in [1.29, 1.82) is 0 Å². The van der Waals surface area contributed by atoms with E-state index in [0.29, 0.717) is 12.6 Å². The Hall–Kier alpha value is 0.190. The molecule has 0 bridgehead atoms. The quantitative estimate of drug-likeness (QED) is 0.723. The average Bonchev–Trinajstić information content (AvgIpc) is 2.19. The van der Waals surface area contributed by atoms with Crippen molar-refractivity contribution in [2.75, 3.05) is 25.0 Å². The van der Waals surface area contributed by atoms with Gasteiger partial charge in [-0.15, -0.1) is 13.2 Å². The molecule has 0 radical (unpaired) electrons. The molecular weight excluding hydrogens is 287 g/mol. The largest absolute Gasteiger partial charge is 0.522 e. The van der Waals surface area contributed by atoms with Crippen LogP contribution in [0.4, 0.5) is 13.2 Å². The fourth-order valence-electron chi connectivity index (χ4n) is 2.09. The maximum Gasteiger partial charge on any atom is 0.522 e. The highest BCUT2D eigenvalue weighted by molar-refractivity contribution is 9.09. The SMILES string of the molecule is FC(F)(F)OCCN1CCCCC1CCBr. The van der Waals surface area contributed by atoms with Gasteiger partial charge in [-0.05, 0) is 25.8 Å². The Bertz CT molecular complexity index is 199. The van der Waals surface area contributed by atoms with Gasteiger partial charge in [0, 0.05) is 17.9 Å². The topological polar surface area (TPSA) is 12.5 Å². The molecule has 16 heavy (non-hydrogen) atoms. The molecule has 1 rings (SSSR count). The summed E-state index contributed by atoms with van der Waals surface area (Å²) in [5, 5.41) is 0.897. The molecule has 1 heterocycles. The third-order valence-electron chi connectivity index (χ3n) is 2.84.